The summed E-state index contributed by atoms with van der Waals surface area (Å²) in [5.74, 6) is 0.704. The highest BCUT2D eigenvalue weighted by atomic mass is 19.1. The normalized spacial score (nSPS) is 20.6. The van der Waals surface area contributed by atoms with Crippen molar-refractivity contribution in [2.45, 2.75) is 18.8 Å². The fourth-order valence-corrected chi connectivity index (χ4v) is 3.40. The molecule has 24 heavy (non-hydrogen) atoms. The highest BCUT2D eigenvalue weighted by Crippen LogP contribution is 2.34. The topological polar surface area (TPSA) is 49.9 Å². The standard InChI is InChI=1S/C19H20FN3O/c1-13-22-17-7-6-16(10-18(17)23-13)21-11-19(8-9-24-12-19)14-2-4-15(20)5-3-14/h2-7,10,21H,8-9,11-12H2,1H3,(H,22,23). The molecule has 1 atom stereocenters. The molecule has 2 N–H and O–H groups in total. The largest absolute Gasteiger partial charge is 0.384 e. The molecule has 1 aliphatic rings. The first kappa shape index (κ1) is 15.1. The van der Waals surface area contributed by atoms with E-state index in [2.05, 4.69) is 21.4 Å². The number of rotatable bonds is 4. The third-order valence-electron chi connectivity index (χ3n) is 4.79. The molecule has 4 nitrogen and oxygen atoms in total. The number of ether oxygens (including phenoxy) is 1. The summed E-state index contributed by atoms with van der Waals surface area (Å²) in [7, 11) is 0. The summed E-state index contributed by atoms with van der Waals surface area (Å²) in [5.41, 5.74) is 4.03. The SMILES string of the molecule is Cc1nc2ccc(NCC3(c4ccc(F)cc4)CCOC3)cc2[nH]1. The zero-order valence-electron chi connectivity index (χ0n) is 13.6. The van der Waals surface area contributed by atoms with Gasteiger partial charge in [-0.1, -0.05) is 12.1 Å². The van der Waals surface area contributed by atoms with E-state index in [0.29, 0.717) is 6.61 Å². The number of nitrogens with one attached hydrogen (secondary N) is 2. The van der Waals surface area contributed by atoms with Crippen LogP contribution < -0.4 is 5.32 Å². The van der Waals surface area contributed by atoms with E-state index in [-0.39, 0.29) is 11.2 Å². The van der Waals surface area contributed by atoms with Crippen LogP contribution in [-0.4, -0.2) is 29.7 Å². The summed E-state index contributed by atoms with van der Waals surface area (Å²) in [6.07, 6.45) is 0.928. The number of benzene rings is 2. The molecule has 1 aliphatic heterocycles. The highest BCUT2D eigenvalue weighted by molar-refractivity contribution is 5.79. The number of halogens is 1. The Morgan fingerprint density at radius 2 is 2.08 bits per heavy atom. The number of aryl methyl sites for hydroxylation is 1. The van der Waals surface area contributed by atoms with Crippen molar-refractivity contribution < 1.29 is 9.13 Å². The summed E-state index contributed by atoms with van der Waals surface area (Å²) in [6.45, 7) is 4.08. The lowest BCUT2D eigenvalue weighted by molar-refractivity contribution is 0.179. The van der Waals surface area contributed by atoms with Crippen molar-refractivity contribution in [3.63, 3.8) is 0 Å². The molecule has 0 radical (unpaired) electrons. The van der Waals surface area contributed by atoms with Crippen molar-refractivity contribution >= 4 is 16.7 Å². The van der Waals surface area contributed by atoms with E-state index < -0.39 is 0 Å². The van der Waals surface area contributed by atoms with Gasteiger partial charge < -0.3 is 15.0 Å². The highest BCUT2D eigenvalue weighted by Gasteiger charge is 2.36. The van der Waals surface area contributed by atoms with Gasteiger partial charge in [0.15, 0.2) is 0 Å². The van der Waals surface area contributed by atoms with E-state index in [9.17, 15) is 4.39 Å². The minimum Gasteiger partial charge on any atom is -0.384 e. The average Bonchev–Trinajstić information content (AvgIpc) is 3.19. The molecule has 0 bridgehead atoms. The number of H-pyrrole nitrogens is 1. The fraction of sp³-hybridized carbons (Fsp3) is 0.316. The minimum absolute atomic E-state index is 0.118. The molecule has 1 unspecified atom stereocenters. The van der Waals surface area contributed by atoms with E-state index in [1.165, 1.54) is 12.1 Å². The molecule has 4 rings (SSSR count). The molecule has 3 aromatic rings. The molecule has 1 aromatic heterocycles. The van der Waals surface area contributed by atoms with Crippen LogP contribution in [0.2, 0.25) is 0 Å². The summed E-state index contributed by atoms with van der Waals surface area (Å²) < 4.78 is 18.9. The number of aromatic amines is 1. The minimum atomic E-state index is -0.208. The summed E-state index contributed by atoms with van der Waals surface area (Å²) in [4.78, 5) is 7.68. The Hall–Kier alpha value is -2.40. The van der Waals surface area contributed by atoms with Crippen LogP contribution in [0, 0.1) is 12.7 Å². The van der Waals surface area contributed by atoms with Crippen LogP contribution >= 0.6 is 0 Å². The van der Waals surface area contributed by atoms with Crippen LogP contribution in [0.25, 0.3) is 11.0 Å². The van der Waals surface area contributed by atoms with Gasteiger partial charge in [0.1, 0.15) is 11.6 Å². The maximum atomic E-state index is 13.2. The van der Waals surface area contributed by atoms with E-state index in [1.54, 1.807) is 0 Å². The van der Waals surface area contributed by atoms with Gasteiger partial charge in [-0.05, 0) is 49.2 Å². The number of fused-ring (bicyclic) bond motifs is 1. The Bertz CT molecular complexity index is 851. The zero-order valence-corrected chi connectivity index (χ0v) is 13.6. The number of hydrogen-bond donors (Lipinski definition) is 2. The molecule has 0 aliphatic carbocycles. The van der Waals surface area contributed by atoms with Gasteiger partial charge in [0.2, 0.25) is 0 Å². The van der Waals surface area contributed by atoms with Gasteiger partial charge in [0.05, 0.1) is 17.6 Å². The predicted molar refractivity (Wildman–Crippen MR) is 92.8 cm³/mol. The number of imidazole rings is 1. The van der Waals surface area contributed by atoms with Crippen LogP contribution in [-0.2, 0) is 10.2 Å². The first-order valence-corrected chi connectivity index (χ1v) is 8.19. The van der Waals surface area contributed by atoms with Crippen molar-refractivity contribution in [3.8, 4) is 0 Å². The maximum absolute atomic E-state index is 13.2. The molecular weight excluding hydrogens is 305 g/mol. The molecule has 2 aromatic carbocycles. The smallest absolute Gasteiger partial charge is 0.123 e. The monoisotopic (exact) mass is 325 g/mol. The van der Waals surface area contributed by atoms with Crippen molar-refractivity contribution in [1.82, 2.24) is 9.97 Å². The van der Waals surface area contributed by atoms with Gasteiger partial charge in [-0.25, -0.2) is 9.37 Å². The van der Waals surface area contributed by atoms with Crippen LogP contribution in [0.3, 0.4) is 0 Å². The van der Waals surface area contributed by atoms with Crippen molar-refractivity contribution in [2.75, 3.05) is 25.1 Å². The number of nitrogens with zero attached hydrogens (tertiary/aromatic N) is 1. The number of aromatic nitrogens is 2. The van der Waals surface area contributed by atoms with Gasteiger partial charge in [0.25, 0.3) is 0 Å². The lowest BCUT2D eigenvalue weighted by Gasteiger charge is -2.29. The predicted octanol–water partition coefficient (Wildman–Crippen LogP) is 3.78. The van der Waals surface area contributed by atoms with Gasteiger partial charge in [0, 0.05) is 24.3 Å². The molecule has 1 fully saturated rings. The summed E-state index contributed by atoms with van der Waals surface area (Å²) in [6, 6.07) is 12.9. The molecule has 5 heteroatoms. The van der Waals surface area contributed by atoms with E-state index in [1.807, 2.05) is 31.2 Å². The van der Waals surface area contributed by atoms with Crippen LogP contribution in [0.15, 0.2) is 42.5 Å². The van der Waals surface area contributed by atoms with Crippen molar-refractivity contribution in [3.05, 3.63) is 59.7 Å². The zero-order chi connectivity index (χ0) is 16.6. The van der Waals surface area contributed by atoms with Gasteiger partial charge in [-0.2, -0.15) is 0 Å². The molecule has 124 valence electrons. The molecule has 1 saturated heterocycles. The van der Waals surface area contributed by atoms with Crippen LogP contribution in [0.4, 0.5) is 10.1 Å². The third kappa shape index (κ3) is 2.76. The summed E-state index contributed by atoms with van der Waals surface area (Å²) in [5, 5.41) is 3.52. The average molecular weight is 325 g/mol. The Kier molecular flexibility index (Phi) is 3.73. The van der Waals surface area contributed by atoms with E-state index in [4.69, 9.17) is 4.74 Å². The van der Waals surface area contributed by atoms with Crippen LogP contribution in [0.5, 0.6) is 0 Å². The number of hydrogen-bond acceptors (Lipinski definition) is 3. The Balaban J connectivity index is 1.57. The Labute approximate surface area is 140 Å². The lowest BCUT2D eigenvalue weighted by Crippen LogP contribution is -2.35. The Morgan fingerprint density at radius 1 is 1.25 bits per heavy atom. The lowest BCUT2D eigenvalue weighted by atomic mass is 9.79. The second-order valence-corrected chi connectivity index (χ2v) is 6.50. The van der Waals surface area contributed by atoms with Gasteiger partial charge >= 0.3 is 0 Å². The molecule has 0 spiro atoms. The first-order valence-electron chi connectivity index (χ1n) is 8.19. The van der Waals surface area contributed by atoms with E-state index in [0.717, 1.165) is 47.7 Å². The molecule has 0 amide bonds. The van der Waals surface area contributed by atoms with Crippen LogP contribution in [0.1, 0.15) is 17.8 Å². The first-order chi connectivity index (χ1) is 11.6. The molecule has 2 heterocycles. The second-order valence-electron chi connectivity index (χ2n) is 6.50. The molecule has 0 saturated carbocycles. The quantitative estimate of drug-likeness (QED) is 0.767. The second kappa shape index (κ2) is 5.91. The summed E-state index contributed by atoms with van der Waals surface area (Å²) >= 11 is 0. The third-order valence-corrected chi connectivity index (χ3v) is 4.79. The van der Waals surface area contributed by atoms with Gasteiger partial charge in [-0.15, -0.1) is 0 Å². The van der Waals surface area contributed by atoms with E-state index >= 15 is 0 Å². The van der Waals surface area contributed by atoms with Crippen molar-refractivity contribution in [1.29, 1.82) is 0 Å². The number of anilines is 1. The van der Waals surface area contributed by atoms with Crippen molar-refractivity contribution in [2.24, 2.45) is 0 Å². The fourth-order valence-electron chi connectivity index (χ4n) is 3.40. The molecular formula is C19H20FN3O. The Morgan fingerprint density at radius 3 is 2.83 bits per heavy atom. The van der Waals surface area contributed by atoms with Gasteiger partial charge in [-0.3, -0.25) is 0 Å². The maximum Gasteiger partial charge on any atom is 0.123 e.